The fourth-order valence-corrected chi connectivity index (χ4v) is 7.52. The SMILES string of the molecule is CC/C=C\C/C=C\C/C=C\C/C=C\CCCCCCCCC(=O)NC(COC1OC(CO)C(O)C(O)C1O)C(O)/C=C/CC/C=C/CCCCCCCCCCCCCCCC. The highest BCUT2D eigenvalue weighted by Crippen LogP contribution is 2.22. The van der Waals surface area contributed by atoms with Crippen LogP contribution in [-0.4, -0.2) is 87.5 Å². The minimum absolute atomic E-state index is 0.203. The second-order valence-corrected chi connectivity index (χ2v) is 17.2. The first-order chi connectivity index (χ1) is 30.3. The van der Waals surface area contributed by atoms with Gasteiger partial charge < -0.3 is 40.3 Å². The van der Waals surface area contributed by atoms with E-state index in [0.717, 1.165) is 89.9 Å². The third-order valence-electron chi connectivity index (χ3n) is 11.5. The lowest BCUT2D eigenvalue weighted by Crippen LogP contribution is -2.60. The minimum atomic E-state index is -1.58. The molecule has 358 valence electrons. The van der Waals surface area contributed by atoms with E-state index in [1.807, 2.05) is 6.08 Å². The molecule has 0 saturated carbocycles. The summed E-state index contributed by atoms with van der Waals surface area (Å²) >= 11 is 0. The van der Waals surface area contributed by atoms with Gasteiger partial charge in [0.15, 0.2) is 6.29 Å². The first kappa shape index (κ1) is 57.6. The van der Waals surface area contributed by atoms with Gasteiger partial charge in [0, 0.05) is 6.42 Å². The maximum atomic E-state index is 13.0. The minimum Gasteiger partial charge on any atom is -0.394 e. The van der Waals surface area contributed by atoms with Crippen molar-refractivity contribution in [2.24, 2.45) is 0 Å². The summed E-state index contributed by atoms with van der Waals surface area (Å²) in [6.07, 6.45) is 50.9. The summed E-state index contributed by atoms with van der Waals surface area (Å²) in [7, 11) is 0. The van der Waals surface area contributed by atoms with Gasteiger partial charge >= 0.3 is 0 Å². The standard InChI is InChI=1S/C53H93NO8/c1-3-5-7-9-11-13-15-17-19-21-23-25-26-28-30-32-34-36-38-40-42-47(56)46(45-61-53-52(60)51(59)50(58)48(44-55)62-53)54-49(57)43-41-39-37-35-33-31-29-27-24-22-20-18-16-14-12-10-8-6-4-2/h6,8,12,14,18,20,24,27,32,34,40,42,46-48,50-53,55-56,58-60H,3-5,7,9-11,13,15-17,19,21-23,25-26,28-31,33,35-39,41,43-45H2,1-2H3,(H,54,57)/b8-6-,14-12-,20-18-,27-24-,34-32+,42-40+. The largest absolute Gasteiger partial charge is 0.394 e. The number of hydrogen-bond donors (Lipinski definition) is 6. The molecule has 1 aliphatic heterocycles. The Morgan fingerprint density at radius 1 is 0.565 bits per heavy atom. The Kier molecular flexibility index (Phi) is 39.6. The molecular formula is C53H93NO8. The number of carbonyl (C=O) groups excluding carboxylic acids is 1. The van der Waals surface area contributed by atoms with E-state index in [4.69, 9.17) is 9.47 Å². The number of unbranched alkanes of at least 4 members (excludes halogenated alkanes) is 21. The summed E-state index contributed by atoms with van der Waals surface area (Å²) < 4.78 is 11.2. The van der Waals surface area contributed by atoms with Crippen molar-refractivity contribution in [1.82, 2.24) is 5.32 Å². The Labute approximate surface area is 378 Å². The fourth-order valence-electron chi connectivity index (χ4n) is 7.52. The predicted octanol–water partition coefficient (Wildman–Crippen LogP) is 11.3. The molecule has 0 aliphatic carbocycles. The van der Waals surface area contributed by atoms with E-state index in [9.17, 15) is 30.3 Å². The van der Waals surface area contributed by atoms with Crippen LogP contribution in [0.1, 0.15) is 200 Å². The summed E-state index contributed by atoms with van der Waals surface area (Å²) in [5.74, 6) is -0.203. The lowest BCUT2D eigenvalue weighted by Gasteiger charge is -2.40. The first-order valence-electron chi connectivity index (χ1n) is 25.2. The van der Waals surface area contributed by atoms with Gasteiger partial charge in [0.2, 0.25) is 5.91 Å². The van der Waals surface area contributed by atoms with Crippen LogP contribution in [0.3, 0.4) is 0 Å². The zero-order valence-electron chi connectivity index (χ0n) is 39.4. The zero-order chi connectivity index (χ0) is 45.1. The highest BCUT2D eigenvalue weighted by molar-refractivity contribution is 5.76. The molecule has 1 fully saturated rings. The Hall–Kier alpha value is -2.37. The number of ether oxygens (including phenoxy) is 2. The van der Waals surface area contributed by atoms with Crippen LogP contribution in [-0.2, 0) is 14.3 Å². The average molecular weight is 872 g/mol. The van der Waals surface area contributed by atoms with E-state index in [2.05, 4.69) is 79.9 Å². The van der Waals surface area contributed by atoms with Gasteiger partial charge in [0.05, 0.1) is 25.4 Å². The van der Waals surface area contributed by atoms with Crippen LogP contribution in [0.15, 0.2) is 72.9 Å². The van der Waals surface area contributed by atoms with E-state index >= 15 is 0 Å². The normalized spacial score (nSPS) is 20.9. The van der Waals surface area contributed by atoms with E-state index in [0.29, 0.717) is 6.42 Å². The summed E-state index contributed by atoms with van der Waals surface area (Å²) in [5.41, 5.74) is 0. The molecule has 7 atom stereocenters. The van der Waals surface area contributed by atoms with Crippen LogP contribution in [0.25, 0.3) is 0 Å². The topological polar surface area (TPSA) is 149 Å². The molecule has 1 saturated heterocycles. The maximum absolute atomic E-state index is 13.0. The van der Waals surface area contributed by atoms with E-state index < -0.39 is 49.5 Å². The van der Waals surface area contributed by atoms with E-state index in [1.54, 1.807) is 6.08 Å². The smallest absolute Gasteiger partial charge is 0.220 e. The number of allylic oxidation sites excluding steroid dienone is 11. The molecule has 1 aliphatic rings. The average Bonchev–Trinajstić information content (AvgIpc) is 3.27. The molecule has 1 amide bonds. The predicted molar refractivity (Wildman–Crippen MR) is 258 cm³/mol. The second kappa shape index (κ2) is 42.6. The van der Waals surface area contributed by atoms with Crippen LogP contribution in [0.5, 0.6) is 0 Å². The van der Waals surface area contributed by atoms with Gasteiger partial charge in [-0.1, -0.05) is 196 Å². The number of aliphatic hydroxyl groups is 5. The molecule has 0 aromatic rings. The molecule has 0 aromatic heterocycles. The van der Waals surface area contributed by atoms with E-state index in [1.165, 1.54) is 89.9 Å². The Morgan fingerprint density at radius 2 is 1.02 bits per heavy atom. The van der Waals surface area contributed by atoms with Crippen molar-refractivity contribution in [3.05, 3.63) is 72.9 Å². The van der Waals surface area contributed by atoms with Crippen LogP contribution in [0.4, 0.5) is 0 Å². The number of hydrogen-bond acceptors (Lipinski definition) is 8. The lowest BCUT2D eigenvalue weighted by molar-refractivity contribution is -0.302. The molecule has 7 unspecified atom stereocenters. The van der Waals surface area contributed by atoms with Crippen molar-refractivity contribution in [3.8, 4) is 0 Å². The number of amides is 1. The van der Waals surface area contributed by atoms with Crippen molar-refractivity contribution in [3.63, 3.8) is 0 Å². The third-order valence-corrected chi connectivity index (χ3v) is 11.5. The summed E-state index contributed by atoms with van der Waals surface area (Å²) in [6, 6.07) is -0.833. The van der Waals surface area contributed by atoms with Crippen LogP contribution in [0.2, 0.25) is 0 Å². The van der Waals surface area contributed by atoms with Gasteiger partial charge in [0.1, 0.15) is 24.4 Å². The summed E-state index contributed by atoms with van der Waals surface area (Å²) in [5, 5.41) is 54.3. The Bertz CT molecular complexity index is 1200. The van der Waals surface area contributed by atoms with Crippen molar-refractivity contribution in [1.29, 1.82) is 0 Å². The first-order valence-corrected chi connectivity index (χ1v) is 25.2. The zero-order valence-corrected chi connectivity index (χ0v) is 39.4. The van der Waals surface area contributed by atoms with Crippen molar-refractivity contribution in [2.45, 2.75) is 243 Å². The van der Waals surface area contributed by atoms with Crippen molar-refractivity contribution < 1.29 is 39.8 Å². The van der Waals surface area contributed by atoms with Gasteiger partial charge in [-0.25, -0.2) is 0 Å². The highest BCUT2D eigenvalue weighted by Gasteiger charge is 2.44. The maximum Gasteiger partial charge on any atom is 0.220 e. The number of carbonyl (C=O) groups is 1. The molecule has 0 radical (unpaired) electrons. The lowest BCUT2D eigenvalue weighted by atomic mass is 9.99. The molecule has 1 heterocycles. The molecule has 6 N–H and O–H groups in total. The summed E-state index contributed by atoms with van der Waals surface area (Å²) in [4.78, 5) is 13.0. The van der Waals surface area contributed by atoms with Crippen molar-refractivity contribution >= 4 is 5.91 Å². The van der Waals surface area contributed by atoms with Crippen molar-refractivity contribution in [2.75, 3.05) is 13.2 Å². The number of aliphatic hydroxyl groups excluding tert-OH is 5. The molecular weight excluding hydrogens is 779 g/mol. The summed E-state index contributed by atoms with van der Waals surface area (Å²) in [6.45, 7) is 3.64. The van der Waals surface area contributed by atoms with E-state index in [-0.39, 0.29) is 12.5 Å². The van der Waals surface area contributed by atoms with Crippen LogP contribution in [0, 0.1) is 0 Å². The molecule has 1 rings (SSSR count). The van der Waals surface area contributed by atoms with Crippen LogP contribution < -0.4 is 5.32 Å². The van der Waals surface area contributed by atoms with Gasteiger partial charge in [0.25, 0.3) is 0 Å². The second-order valence-electron chi connectivity index (χ2n) is 17.2. The quantitative estimate of drug-likeness (QED) is 0.0263. The van der Waals surface area contributed by atoms with Gasteiger partial charge in [-0.3, -0.25) is 4.79 Å². The molecule has 0 bridgehead atoms. The van der Waals surface area contributed by atoms with Gasteiger partial charge in [-0.2, -0.15) is 0 Å². The van der Waals surface area contributed by atoms with Gasteiger partial charge in [-0.05, 0) is 70.6 Å². The Morgan fingerprint density at radius 3 is 1.55 bits per heavy atom. The monoisotopic (exact) mass is 872 g/mol. The number of nitrogens with one attached hydrogen (secondary N) is 1. The Balaban J connectivity index is 2.35. The molecule has 0 spiro atoms. The highest BCUT2D eigenvalue weighted by atomic mass is 16.7. The fraction of sp³-hybridized carbons (Fsp3) is 0.755. The third kappa shape index (κ3) is 32.3. The van der Waals surface area contributed by atoms with Gasteiger partial charge in [-0.15, -0.1) is 0 Å². The molecule has 0 aromatic carbocycles. The molecule has 62 heavy (non-hydrogen) atoms. The molecule has 9 nitrogen and oxygen atoms in total. The molecule has 9 heteroatoms. The number of rotatable bonds is 41. The van der Waals surface area contributed by atoms with Crippen LogP contribution >= 0.6 is 0 Å².